The Hall–Kier alpha value is -4.70. The van der Waals surface area contributed by atoms with E-state index in [4.69, 9.17) is 5.73 Å². The molecule has 5 rings (SSSR count). The highest BCUT2D eigenvalue weighted by atomic mass is 16.3. The van der Waals surface area contributed by atoms with Crippen LogP contribution in [0.25, 0.3) is 11.0 Å². The van der Waals surface area contributed by atoms with Crippen molar-refractivity contribution in [1.29, 1.82) is 0 Å². The summed E-state index contributed by atoms with van der Waals surface area (Å²) in [4.78, 5) is 48.7. The van der Waals surface area contributed by atoms with E-state index in [-0.39, 0.29) is 43.6 Å². The summed E-state index contributed by atoms with van der Waals surface area (Å²) in [5, 5.41) is 15.3. The van der Waals surface area contributed by atoms with Crippen molar-refractivity contribution >= 4 is 28.8 Å². The van der Waals surface area contributed by atoms with Gasteiger partial charge in [-0.25, -0.2) is 4.98 Å². The number of aromatic hydroxyl groups is 1. The predicted octanol–water partition coefficient (Wildman–Crippen LogP) is 2.14. The number of nitrogens with zero attached hydrogens (tertiary/aromatic N) is 2. The van der Waals surface area contributed by atoms with Crippen LogP contribution in [-0.4, -0.2) is 56.3 Å². The van der Waals surface area contributed by atoms with Gasteiger partial charge in [0.2, 0.25) is 17.7 Å². The standard InChI is InChI=1S/C31H34N6O4/c1-18-11-22(38)12-19(2)23(18)14-24(32)31(41)37-17-21-8-4-3-7-20(21)13-27(37)30(40)34-16-29(39)33-15-28-35-25-9-5-6-10-26(25)36-28/h3-12,24,27,38H,13-17,32H2,1-2H3,(H,33,39)(H,34,40)(H,35,36)/t24-,27-/m0/s1. The molecule has 212 valence electrons. The number of aryl methyl sites for hydroxylation is 2. The number of carbonyl (C=O) groups is 3. The minimum Gasteiger partial charge on any atom is -0.508 e. The van der Waals surface area contributed by atoms with Crippen molar-refractivity contribution in [1.82, 2.24) is 25.5 Å². The molecule has 3 aromatic carbocycles. The number of rotatable bonds is 8. The Morgan fingerprint density at radius 2 is 1.73 bits per heavy atom. The van der Waals surface area contributed by atoms with E-state index in [2.05, 4.69) is 20.6 Å². The number of benzene rings is 3. The maximum absolute atomic E-state index is 13.7. The van der Waals surface area contributed by atoms with E-state index in [1.165, 1.54) is 4.90 Å². The summed E-state index contributed by atoms with van der Waals surface area (Å²) in [6, 6.07) is 16.9. The van der Waals surface area contributed by atoms with Crippen LogP contribution in [0.1, 0.15) is 33.6 Å². The lowest BCUT2D eigenvalue weighted by molar-refractivity contribution is -0.143. The van der Waals surface area contributed by atoms with Gasteiger partial charge in [-0.05, 0) is 72.4 Å². The van der Waals surface area contributed by atoms with Crippen molar-refractivity contribution in [2.75, 3.05) is 6.54 Å². The minimum atomic E-state index is -0.885. The molecule has 0 radical (unpaired) electrons. The highest BCUT2D eigenvalue weighted by Gasteiger charge is 2.36. The molecule has 0 bridgehead atoms. The zero-order valence-electron chi connectivity index (χ0n) is 23.1. The first kappa shape index (κ1) is 27.9. The van der Waals surface area contributed by atoms with E-state index in [1.807, 2.05) is 62.4 Å². The second-order valence-corrected chi connectivity index (χ2v) is 10.5. The van der Waals surface area contributed by atoms with Crippen LogP contribution < -0.4 is 16.4 Å². The van der Waals surface area contributed by atoms with Crippen LogP contribution in [0.15, 0.2) is 60.7 Å². The number of hydrogen-bond donors (Lipinski definition) is 5. The van der Waals surface area contributed by atoms with E-state index in [0.717, 1.165) is 38.9 Å². The molecule has 6 N–H and O–H groups in total. The van der Waals surface area contributed by atoms with Crippen LogP contribution in [-0.2, 0) is 40.3 Å². The molecule has 2 atom stereocenters. The van der Waals surface area contributed by atoms with Gasteiger partial charge < -0.3 is 31.4 Å². The fourth-order valence-corrected chi connectivity index (χ4v) is 5.42. The molecule has 4 aromatic rings. The molecule has 0 saturated carbocycles. The maximum atomic E-state index is 13.7. The molecule has 0 saturated heterocycles. The molecule has 3 amide bonds. The van der Waals surface area contributed by atoms with Crippen LogP contribution in [0.3, 0.4) is 0 Å². The number of para-hydroxylation sites is 2. The fraction of sp³-hybridized carbons (Fsp3) is 0.290. The van der Waals surface area contributed by atoms with E-state index in [1.54, 1.807) is 12.1 Å². The summed E-state index contributed by atoms with van der Waals surface area (Å²) in [7, 11) is 0. The molecule has 10 nitrogen and oxygen atoms in total. The summed E-state index contributed by atoms with van der Waals surface area (Å²) in [6.07, 6.45) is 0.589. The number of aromatic amines is 1. The maximum Gasteiger partial charge on any atom is 0.243 e. The normalized spacial score (nSPS) is 15.3. The van der Waals surface area contributed by atoms with Gasteiger partial charge in [0, 0.05) is 13.0 Å². The van der Waals surface area contributed by atoms with Gasteiger partial charge in [0.25, 0.3) is 0 Å². The van der Waals surface area contributed by atoms with Gasteiger partial charge in [-0.3, -0.25) is 14.4 Å². The molecule has 1 aliphatic rings. The number of nitrogens with one attached hydrogen (secondary N) is 3. The van der Waals surface area contributed by atoms with Crippen molar-refractivity contribution in [3.05, 3.63) is 94.3 Å². The zero-order valence-corrected chi connectivity index (χ0v) is 23.1. The predicted molar refractivity (Wildman–Crippen MR) is 155 cm³/mol. The van der Waals surface area contributed by atoms with Crippen LogP contribution in [0.2, 0.25) is 0 Å². The number of phenols is 1. The van der Waals surface area contributed by atoms with Crippen molar-refractivity contribution < 1.29 is 19.5 Å². The van der Waals surface area contributed by atoms with Crippen molar-refractivity contribution in [2.45, 2.75) is 51.9 Å². The van der Waals surface area contributed by atoms with E-state index >= 15 is 0 Å². The summed E-state index contributed by atoms with van der Waals surface area (Å²) < 4.78 is 0. The largest absolute Gasteiger partial charge is 0.508 e. The smallest absolute Gasteiger partial charge is 0.243 e. The number of imidazole rings is 1. The number of hydrogen-bond acceptors (Lipinski definition) is 6. The summed E-state index contributed by atoms with van der Waals surface area (Å²) in [6.45, 7) is 3.93. The van der Waals surface area contributed by atoms with Gasteiger partial charge in [0.05, 0.1) is 30.2 Å². The van der Waals surface area contributed by atoms with Gasteiger partial charge in [0.15, 0.2) is 0 Å². The third kappa shape index (κ3) is 6.22. The number of phenolic OH excluding ortho intramolecular Hbond substituents is 1. The summed E-state index contributed by atoms with van der Waals surface area (Å²) in [5.41, 5.74) is 12.6. The van der Waals surface area contributed by atoms with Crippen LogP contribution in [0, 0.1) is 13.8 Å². The average Bonchev–Trinajstić information content (AvgIpc) is 3.38. The van der Waals surface area contributed by atoms with Crippen molar-refractivity contribution in [3.8, 4) is 5.75 Å². The fourth-order valence-electron chi connectivity index (χ4n) is 5.42. The Bertz CT molecular complexity index is 1560. The lowest BCUT2D eigenvalue weighted by Gasteiger charge is -2.37. The molecular formula is C31H34N6O4. The zero-order chi connectivity index (χ0) is 29.1. The van der Waals surface area contributed by atoms with Gasteiger partial charge in [-0.15, -0.1) is 0 Å². The van der Waals surface area contributed by atoms with Crippen molar-refractivity contribution in [2.24, 2.45) is 5.73 Å². The molecular weight excluding hydrogens is 520 g/mol. The quantitative estimate of drug-likeness (QED) is 0.225. The van der Waals surface area contributed by atoms with Crippen LogP contribution in [0.4, 0.5) is 0 Å². The molecule has 2 heterocycles. The molecule has 0 spiro atoms. The second kappa shape index (κ2) is 11.8. The Labute approximate surface area is 238 Å². The van der Waals surface area contributed by atoms with Gasteiger partial charge >= 0.3 is 0 Å². The molecule has 41 heavy (non-hydrogen) atoms. The molecule has 0 aliphatic carbocycles. The van der Waals surface area contributed by atoms with Gasteiger partial charge in [-0.1, -0.05) is 36.4 Å². The SMILES string of the molecule is Cc1cc(O)cc(C)c1C[C@H](N)C(=O)N1Cc2ccccc2C[C@H]1C(=O)NCC(=O)NCc1nc2ccccc2[nH]1. The summed E-state index contributed by atoms with van der Waals surface area (Å²) >= 11 is 0. The molecule has 10 heteroatoms. The molecule has 0 fully saturated rings. The Kier molecular flexibility index (Phi) is 8.02. The summed E-state index contributed by atoms with van der Waals surface area (Å²) in [5.74, 6) is -0.367. The van der Waals surface area contributed by atoms with Crippen LogP contribution in [0.5, 0.6) is 5.75 Å². The number of H-pyrrole nitrogens is 1. The number of aromatic nitrogens is 2. The lowest BCUT2D eigenvalue weighted by Crippen LogP contribution is -2.57. The van der Waals surface area contributed by atoms with Crippen molar-refractivity contribution in [3.63, 3.8) is 0 Å². The first-order valence-electron chi connectivity index (χ1n) is 13.6. The Balaban J connectivity index is 1.25. The first-order chi connectivity index (χ1) is 19.7. The first-order valence-corrected chi connectivity index (χ1v) is 13.6. The van der Waals surface area contributed by atoms with Gasteiger partial charge in [-0.2, -0.15) is 0 Å². The number of carbonyl (C=O) groups excluding carboxylic acids is 3. The Morgan fingerprint density at radius 3 is 2.46 bits per heavy atom. The third-order valence-electron chi connectivity index (χ3n) is 7.57. The molecule has 1 aromatic heterocycles. The number of fused-ring (bicyclic) bond motifs is 2. The van der Waals surface area contributed by atoms with E-state index < -0.39 is 18.0 Å². The monoisotopic (exact) mass is 554 g/mol. The minimum absolute atomic E-state index is 0.162. The lowest BCUT2D eigenvalue weighted by atomic mass is 9.91. The van der Waals surface area contributed by atoms with Crippen LogP contribution >= 0.6 is 0 Å². The highest BCUT2D eigenvalue weighted by molar-refractivity contribution is 5.92. The topological polar surface area (TPSA) is 153 Å². The Morgan fingerprint density at radius 1 is 1.05 bits per heavy atom. The molecule has 0 unspecified atom stereocenters. The van der Waals surface area contributed by atoms with E-state index in [0.29, 0.717) is 12.2 Å². The van der Waals surface area contributed by atoms with Gasteiger partial charge in [0.1, 0.15) is 17.6 Å². The van der Waals surface area contributed by atoms with E-state index in [9.17, 15) is 19.5 Å². The second-order valence-electron chi connectivity index (χ2n) is 10.5. The number of amides is 3. The average molecular weight is 555 g/mol. The highest BCUT2D eigenvalue weighted by Crippen LogP contribution is 2.26. The number of nitrogens with two attached hydrogens (primary N) is 1. The third-order valence-corrected chi connectivity index (χ3v) is 7.57. The molecule has 1 aliphatic heterocycles.